The number of methoxy groups -OCH3 is 1. The monoisotopic (exact) mass is 261 g/mol. The van der Waals surface area contributed by atoms with Crippen LogP contribution < -0.4 is 4.74 Å². The maximum absolute atomic E-state index is 7.92. The summed E-state index contributed by atoms with van der Waals surface area (Å²) < 4.78 is 73.2. The number of aromatic nitrogens is 2. The standard InChI is InChI=1S/C10H9BrN2O/c1-14-9-4-2-8(3-5-9)13-7-6-10(11)12-13/h2-7H,1H3/i1D3,2D,3D,4D,5D,6D,7D. The first kappa shape index (κ1) is 3.38. The summed E-state index contributed by atoms with van der Waals surface area (Å²) in [5, 5.41) is 3.79. The molecule has 4 heteroatoms. The largest absolute Gasteiger partial charge is 0.497 e. The number of ether oxygens (including phenoxy) is 1. The second-order valence-electron chi connectivity index (χ2n) is 2.22. The number of rotatable bonds is 2. The fraction of sp³-hybridized carbons (Fsp3) is 0.100. The van der Waals surface area contributed by atoms with Crippen LogP contribution in [-0.2, 0) is 0 Å². The van der Waals surface area contributed by atoms with Gasteiger partial charge in [0.1, 0.15) is 10.4 Å². The third kappa shape index (κ3) is 1.80. The van der Waals surface area contributed by atoms with Gasteiger partial charge in [-0.2, -0.15) is 5.10 Å². The second-order valence-corrected chi connectivity index (χ2v) is 2.97. The third-order valence-electron chi connectivity index (χ3n) is 1.36. The maximum atomic E-state index is 7.92. The van der Waals surface area contributed by atoms with E-state index in [2.05, 4.69) is 25.8 Å². The van der Waals surface area contributed by atoms with E-state index in [0.717, 1.165) is 4.68 Å². The van der Waals surface area contributed by atoms with E-state index in [4.69, 9.17) is 12.3 Å². The van der Waals surface area contributed by atoms with Crippen molar-refractivity contribution < 1.29 is 17.1 Å². The average molecular weight is 262 g/mol. The highest BCUT2D eigenvalue weighted by Gasteiger charge is 1.98. The number of hydrogen-bond donors (Lipinski definition) is 0. The molecule has 0 radical (unpaired) electrons. The molecule has 1 aromatic carbocycles. The first-order chi connectivity index (χ1) is 10.5. The van der Waals surface area contributed by atoms with E-state index < -0.39 is 43.1 Å². The molecule has 0 bridgehead atoms. The Labute approximate surface area is 103 Å². The quantitative estimate of drug-likeness (QED) is 0.831. The molecule has 1 aromatic heterocycles. The highest BCUT2D eigenvalue weighted by atomic mass is 79.9. The molecule has 72 valence electrons. The molecule has 2 rings (SSSR count). The number of halogens is 1. The molecule has 3 nitrogen and oxygen atoms in total. The Morgan fingerprint density at radius 1 is 1.43 bits per heavy atom. The molecule has 0 amide bonds. The van der Waals surface area contributed by atoms with Crippen LogP contribution in [0.4, 0.5) is 0 Å². The lowest BCUT2D eigenvalue weighted by molar-refractivity contribution is 0.414. The van der Waals surface area contributed by atoms with Gasteiger partial charge in [-0.15, -0.1) is 0 Å². The summed E-state index contributed by atoms with van der Waals surface area (Å²) >= 11 is 2.95. The minimum Gasteiger partial charge on any atom is -0.497 e. The topological polar surface area (TPSA) is 27.1 Å². The fourth-order valence-electron chi connectivity index (χ4n) is 0.794. The van der Waals surface area contributed by atoms with E-state index in [-0.39, 0.29) is 16.3 Å². The highest BCUT2D eigenvalue weighted by Crippen LogP contribution is 2.15. The summed E-state index contributed by atoms with van der Waals surface area (Å²) in [6.07, 6.45) is -0.442. The summed E-state index contributed by atoms with van der Waals surface area (Å²) in [5.41, 5.74) is -0.373. The lowest BCUT2D eigenvalue weighted by Crippen LogP contribution is -1.94. The van der Waals surface area contributed by atoms with Crippen molar-refractivity contribution in [3.05, 3.63) is 41.0 Å². The SMILES string of the molecule is [2H]c1c([2H])c(-n2nc(Br)c([2H])c2[2H])c([2H])c([2H])c1OC([2H])([2H])[2H]. The Hall–Kier alpha value is -1.29. The van der Waals surface area contributed by atoms with Crippen LogP contribution in [0.25, 0.3) is 5.69 Å². The van der Waals surface area contributed by atoms with Crippen LogP contribution in [-0.4, -0.2) is 16.8 Å². The van der Waals surface area contributed by atoms with E-state index in [9.17, 15) is 0 Å². The number of benzene rings is 1. The summed E-state index contributed by atoms with van der Waals surface area (Å²) in [6, 6.07) is -2.98. The molecule has 0 saturated heterocycles. The van der Waals surface area contributed by atoms with E-state index >= 15 is 0 Å². The van der Waals surface area contributed by atoms with Crippen molar-refractivity contribution in [1.29, 1.82) is 0 Å². The van der Waals surface area contributed by atoms with Gasteiger partial charge < -0.3 is 4.74 Å². The summed E-state index contributed by atoms with van der Waals surface area (Å²) in [7, 11) is -2.93. The van der Waals surface area contributed by atoms with Gasteiger partial charge >= 0.3 is 0 Å². The molecule has 1 heterocycles. The molecular weight excluding hydrogens is 244 g/mol. The van der Waals surface area contributed by atoms with E-state index in [1.165, 1.54) is 0 Å². The van der Waals surface area contributed by atoms with E-state index in [0.29, 0.717) is 0 Å². The predicted octanol–water partition coefficient (Wildman–Crippen LogP) is 2.64. The van der Waals surface area contributed by atoms with Crippen LogP contribution in [0.5, 0.6) is 5.75 Å². The fourth-order valence-corrected chi connectivity index (χ4v) is 1.04. The van der Waals surface area contributed by atoms with Crippen LogP contribution in [0.3, 0.4) is 0 Å². The molecule has 0 aliphatic carbocycles. The first-order valence-electron chi connectivity index (χ1n) is 7.97. The van der Waals surface area contributed by atoms with Gasteiger partial charge in [-0.1, -0.05) is 0 Å². The molecule has 0 aliphatic heterocycles. The van der Waals surface area contributed by atoms with Gasteiger partial charge in [0.15, 0.2) is 0 Å². The van der Waals surface area contributed by atoms with Crippen molar-refractivity contribution >= 4 is 15.9 Å². The molecule has 2 aromatic rings. The van der Waals surface area contributed by atoms with Gasteiger partial charge in [-0.05, 0) is 46.1 Å². The molecule has 0 atom stereocenters. The van der Waals surface area contributed by atoms with Crippen LogP contribution in [0, 0.1) is 0 Å². The summed E-state index contributed by atoms with van der Waals surface area (Å²) in [4.78, 5) is 0. The zero-order valence-electron chi connectivity index (χ0n) is 15.7. The maximum Gasteiger partial charge on any atom is 0.128 e. The van der Waals surface area contributed by atoms with Gasteiger partial charge in [0.05, 0.1) is 25.1 Å². The smallest absolute Gasteiger partial charge is 0.128 e. The number of hydrogen-bond acceptors (Lipinski definition) is 2. The summed E-state index contributed by atoms with van der Waals surface area (Å²) in [6.45, 7) is 0. The van der Waals surface area contributed by atoms with Crippen molar-refractivity contribution in [1.82, 2.24) is 9.78 Å². The van der Waals surface area contributed by atoms with Gasteiger partial charge in [0, 0.05) is 6.17 Å². The third-order valence-corrected chi connectivity index (χ3v) is 1.71. The molecular formula is C10H9BrN2O. The van der Waals surface area contributed by atoms with Gasteiger partial charge in [-0.25, -0.2) is 4.68 Å². The van der Waals surface area contributed by atoms with Crippen molar-refractivity contribution in [2.24, 2.45) is 0 Å². The normalized spacial score (nSPS) is 20.2. The van der Waals surface area contributed by atoms with E-state index in [1.54, 1.807) is 0 Å². The van der Waals surface area contributed by atoms with Crippen molar-refractivity contribution in [3.63, 3.8) is 0 Å². The molecule has 0 fully saturated rings. The molecule has 0 saturated carbocycles. The molecule has 0 N–H and O–H groups in total. The minimum absolute atomic E-state index is 0.00202. The Morgan fingerprint density at radius 2 is 2.21 bits per heavy atom. The van der Waals surface area contributed by atoms with Gasteiger partial charge in [0.2, 0.25) is 0 Å². The molecule has 0 spiro atoms. The predicted molar refractivity (Wildman–Crippen MR) is 57.8 cm³/mol. The van der Waals surface area contributed by atoms with Gasteiger partial charge in [0.25, 0.3) is 0 Å². The summed E-state index contributed by atoms with van der Waals surface area (Å²) in [5.74, 6) is -0.715. The zero-order chi connectivity index (χ0) is 17.7. The molecule has 0 unspecified atom stereocenters. The first-order valence-corrected chi connectivity index (χ1v) is 4.26. The van der Waals surface area contributed by atoms with Crippen molar-refractivity contribution in [2.45, 2.75) is 0 Å². The Morgan fingerprint density at radius 3 is 2.79 bits per heavy atom. The molecule has 0 aliphatic rings. The van der Waals surface area contributed by atoms with Crippen molar-refractivity contribution in [3.8, 4) is 11.4 Å². The highest BCUT2D eigenvalue weighted by molar-refractivity contribution is 9.10. The Bertz CT molecular complexity index is 757. The van der Waals surface area contributed by atoms with Crippen LogP contribution in [0.2, 0.25) is 0 Å². The van der Waals surface area contributed by atoms with Gasteiger partial charge in [-0.3, -0.25) is 0 Å². The average Bonchev–Trinajstić information content (AvgIpc) is 2.69. The zero-order valence-corrected chi connectivity index (χ0v) is 8.27. The second kappa shape index (κ2) is 3.84. The minimum atomic E-state index is -2.93. The lowest BCUT2D eigenvalue weighted by atomic mass is 10.3. The van der Waals surface area contributed by atoms with Crippen LogP contribution >= 0.6 is 15.9 Å². The number of nitrogens with zero attached hydrogens (tertiary/aromatic N) is 2. The lowest BCUT2D eigenvalue weighted by Gasteiger charge is -2.02. The van der Waals surface area contributed by atoms with Crippen LogP contribution in [0.1, 0.15) is 12.3 Å². The Kier molecular flexibility index (Phi) is 0.926. The van der Waals surface area contributed by atoms with Crippen LogP contribution in [0.15, 0.2) is 41.0 Å². The Balaban J connectivity index is 2.75. The van der Waals surface area contributed by atoms with Crippen molar-refractivity contribution in [2.75, 3.05) is 7.04 Å². The molecule has 14 heavy (non-hydrogen) atoms. The van der Waals surface area contributed by atoms with E-state index in [1.807, 2.05) is 0 Å².